The number of carbonyl (C=O) groups is 1. The third-order valence-corrected chi connectivity index (χ3v) is 4.02. The Morgan fingerprint density at radius 3 is 2.96 bits per heavy atom. The van der Waals surface area contributed by atoms with E-state index in [1.165, 1.54) is 17.5 Å². The van der Waals surface area contributed by atoms with E-state index in [4.69, 9.17) is 0 Å². The minimum atomic E-state index is -0.289. The van der Waals surface area contributed by atoms with Gasteiger partial charge in [-0.2, -0.15) is 0 Å². The lowest BCUT2D eigenvalue weighted by Crippen LogP contribution is -2.17. The summed E-state index contributed by atoms with van der Waals surface area (Å²) in [5, 5.41) is 10.3. The fourth-order valence-electron chi connectivity index (χ4n) is 2.64. The molecule has 1 amide bonds. The normalized spacial score (nSPS) is 14.3. The van der Waals surface area contributed by atoms with Crippen LogP contribution in [0.2, 0.25) is 0 Å². The van der Waals surface area contributed by atoms with Crippen LogP contribution in [0.4, 0.5) is 5.82 Å². The van der Waals surface area contributed by atoms with Crippen LogP contribution in [0.15, 0.2) is 29.2 Å². The average molecular weight is 312 g/mol. The zero-order valence-electron chi connectivity index (χ0n) is 12.6. The molecule has 3 aromatic rings. The Kier molecular flexibility index (Phi) is 3.03. The molecule has 8 nitrogen and oxygen atoms in total. The molecule has 2 aromatic heterocycles. The van der Waals surface area contributed by atoms with Gasteiger partial charge in [0.15, 0.2) is 5.82 Å². The van der Waals surface area contributed by atoms with Gasteiger partial charge in [-0.05, 0) is 37.0 Å². The van der Waals surface area contributed by atoms with Crippen molar-refractivity contribution in [2.24, 2.45) is 13.0 Å². The molecule has 0 atom stereocenters. The van der Waals surface area contributed by atoms with Gasteiger partial charge >= 0.3 is 5.69 Å². The highest BCUT2D eigenvalue weighted by Gasteiger charge is 2.23. The molecule has 0 radical (unpaired) electrons. The van der Waals surface area contributed by atoms with E-state index >= 15 is 0 Å². The Hall–Kier alpha value is -2.90. The highest BCUT2D eigenvalue weighted by atomic mass is 16.2. The van der Waals surface area contributed by atoms with Crippen LogP contribution in [0.3, 0.4) is 0 Å². The van der Waals surface area contributed by atoms with E-state index in [1.54, 1.807) is 36.0 Å². The summed E-state index contributed by atoms with van der Waals surface area (Å²) in [6.45, 7) is 0.740. The summed E-state index contributed by atoms with van der Waals surface area (Å²) in [5.74, 6) is 0.701. The van der Waals surface area contributed by atoms with Gasteiger partial charge in [-0.15, -0.1) is 5.10 Å². The molecule has 0 aliphatic heterocycles. The predicted octanol–water partition coefficient (Wildman–Crippen LogP) is 1.12. The third-order valence-electron chi connectivity index (χ3n) is 4.02. The molecule has 2 N–H and O–H groups in total. The maximum Gasteiger partial charge on any atom is 0.326 e. The first-order chi connectivity index (χ1) is 11.1. The minimum Gasteiger partial charge on any atom is -0.306 e. The highest BCUT2D eigenvalue weighted by Crippen LogP contribution is 2.31. The fourth-order valence-corrected chi connectivity index (χ4v) is 2.64. The number of aromatic amines is 1. The number of amides is 1. The van der Waals surface area contributed by atoms with Gasteiger partial charge in [0.25, 0.3) is 5.91 Å². The molecule has 0 unspecified atom stereocenters. The van der Waals surface area contributed by atoms with Crippen LogP contribution in [0.25, 0.3) is 11.0 Å². The quantitative estimate of drug-likeness (QED) is 0.754. The Labute approximate surface area is 131 Å². The highest BCUT2D eigenvalue weighted by molar-refractivity contribution is 6.05. The van der Waals surface area contributed by atoms with E-state index in [-0.39, 0.29) is 11.6 Å². The van der Waals surface area contributed by atoms with Gasteiger partial charge < -0.3 is 10.3 Å². The van der Waals surface area contributed by atoms with Crippen molar-refractivity contribution in [1.82, 2.24) is 24.5 Å². The van der Waals surface area contributed by atoms with Crippen molar-refractivity contribution in [2.75, 3.05) is 5.32 Å². The summed E-state index contributed by atoms with van der Waals surface area (Å²) in [4.78, 5) is 27.1. The van der Waals surface area contributed by atoms with Crippen molar-refractivity contribution < 1.29 is 4.79 Å². The smallest absolute Gasteiger partial charge is 0.306 e. The van der Waals surface area contributed by atoms with E-state index in [1.807, 2.05) is 0 Å². The zero-order valence-corrected chi connectivity index (χ0v) is 12.6. The van der Waals surface area contributed by atoms with E-state index in [2.05, 4.69) is 20.6 Å². The number of anilines is 1. The summed E-state index contributed by atoms with van der Waals surface area (Å²) in [6, 6.07) is 5.21. The second-order valence-corrected chi connectivity index (χ2v) is 5.95. The Morgan fingerprint density at radius 1 is 1.43 bits per heavy atom. The van der Waals surface area contributed by atoms with Crippen LogP contribution < -0.4 is 11.0 Å². The Morgan fingerprint density at radius 2 is 2.26 bits per heavy atom. The lowest BCUT2D eigenvalue weighted by atomic mass is 10.2. The van der Waals surface area contributed by atoms with Crippen molar-refractivity contribution in [1.29, 1.82) is 0 Å². The number of hydrogen-bond donors (Lipinski definition) is 2. The number of H-pyrrole nitrogens is 1. The summed E-state index contributed by atoms with van der Waals surface area (Å²) >= 11 is 0. The van der Waals surface area contributed by atoms with Crippen molar-refractivity contribution in [3.63, 3.8) is 0 Å². The van der Waals surface area contributed by atoms with Crippen molar-refractivity contribution in [3.05, 3.63) is 40.4 Å². The number of carbonyl (C=O) groups excluding carboxylic acids is 1. The maximum absolute atomic E-state index is 12.3. The van der Waals surface area contributed by atoms with Gasteiger partial charge in [0.2, 0.25) is 0 Å². The number of imidazole rings is 1. The number of hydrogen-bond acceptors (Lipinski definition) is 4. The van der Waals surface area contributed by atoms with Crippen molar-refractivity contribution in [2.45, 2.75) is 19.4 Å². The molecule has 1 aliphatic rings. The second-order valence-electron chi connectivity index (χ2n) is 5.95. The topological polar surface area (TPSA) is 97.6 Å². The van der Waals surface area contributed by atoms with Gasteiger partial charge in [-0.3, -0.25) is 14.0 Å². The number of aromatic nitrogens is 5. The molecule has 1 aliphatic carbocycles. The molecule has 1 saturated carbocycles. The SMILES string of the molecule is Cn1cc(NC(=O)c2ccc3c(c2)[nH]c(=O)n3CC2CC2)nn1. The van der Waals surface area contributed by atoms with Crippen LogP contribution in [0, 0.1) is 5.92 Å². The minimum absolute atomic E-state index is 0.126. The Bertz CT molecular complexity index is 946. The molecule has 2 heterocycles. The molecular weight excluding hydrogens is 296 g/mol. The molecule has 8 heteroatoms. The average Bonchev–Trinajstić information content (AvgIpc) is 3.17. The van der Waals surface area contributed by atoms with Crippen LogP contribution in [0.1, 0.15) is 23.2 Å². The second kappa shape index (κ2) is 5.08. The molecule has 118 valence electrons. The molecule has 1 fully saturated rings. The largest absolute Gasteiger partial charge is 0.326 e. The van der Waals surface area contributed by atoms with E-state index in [0.29, 0.717) is 22.8 Å². The number of nitrogens with zero attached hydrogens (tertiary/aromatic N) is 4. The van der Waals surface area contributed by atoms with Crippen LogP contribution in [-0.4, -0.2) is 30.5 Å². The van der Waals surface area contributed by atoms with Crippen molar-refractivity contribution in [3.8, 4) is 0 Å². The van der Waals surface area contributed by atoms with Gasteiger partial charge in [-0.25, -0.2) is 4.79 Å². The van der Waals surface area contributed by atoms with Crippen molar-refractivity contribution >= 4 is 22.8 Å². The molecule has 0 spiro atoms. The van der Waals surface area contributed by atoms with Crippen LogP contribution in [0.5, 0.6) is 0 Å². The summed E-state index contributed by atoms with van der Waals surface area (Å²) in [7, 11) is 1.72. The summed E-state index contributed by atoms with van der Waals surface area (Å²) < 4.78 is 3.26. The molecule has 23 heavy (non-hydrogen) atoms. The molecule has 0 bridgehead atoms. The van der Waals surface area contributed by atoms with E-state index in [9.17, 15) is 9.59 Å². The first-order valence-electron chi connectivity index (χ1n) is 7.50. The molecule has 4 rings (SSSR count). The molecular formula is C15H16N6O2. The number of aryl methyl sites for hydroxylation is 1. The van der Waals surface area contributed by atoms with Gasteiger partial charge in [0.1, 0.15) is 0 Å². The monoisotopic (exact) mass is 312 g/mol. The Balaban J connectivity index is 1.63. The summed E-state index contributed by atoms with van der Waals surface area (Å²) in [6.07, 6.45) is 3.97. The van der Waals surface area contributed by atoms with Crippen LogP contribution >= 0.6 is 0 Å². The van der Waals surface area contributed by atoms with Gasteiger partial charge in [0.05, 0.1) is 17.2 Å². The number of nitrogens with one attached hydrogen (secondary N) is 2. The molecule has 0 saturated heterocycles. The zero-order chi connectivity index (χ0) is 16.0. The van der Waals surface area contributed by atoms with E-state index in [0.717, 1.165) is 12.1 Å². The number of benzene rings is 1. The maximum atomic E-state index is 12.3. The lowest BCUT2D eigenvalue weighted by molar-refractivity contribution is 0.102. The number of rotatable bonds is 4. The first-order valence-corrected chi connectivity index (χ1v) is 7.50. The fraction of sp³-hybridized carbons (Fsp3) is 0.333. The van der Waals surface area contributed by atoms with Gasteiger partial charge in [0, 0.05) is 19.2 Å². The predicted molar refractivity (Wildman–Crippen MR) is 84.2 cm³/mol. The first kappa shape index (κ1) is 13.7. The van der Waals surface area contributed by atoms with Gasteiger partial charge in [-0.1, -0.05) is 5.21 Å². The lowest BCUT2D eigenvalue weighted by Gasteiger charge is -2.03. The third kappa shape index (κ3) is 2.63. The van der Waals surface area contributed by atoms with E-state index < -0.39 is 0 Å². The molecule has 1 aromatic carbocycles. The summed E-state index contributed by atoms with van der Waals surface area (Å²) in [5.41, 5.74) is 1.83. The standard InChI is InChI=1S/C15H16N6O2/c1-20-8-13(18-19-20)17-14(22)10-4-5-12-11(6-10)16-15(23)21(12)7-9-2-3-9/h4-6,8-9H,2-3,7H2,1H3,(H,16,23)(H,17,22). The number of fused-ring (bicyclic) bond motifs is 1. The van der Waals surface area contributed by atoms with Crippen LogP contribution in [-0.2, 0) is 13.6 Å².